The smallest absolute Gasteiger partial charge is 0.237 e. The molecule has 0 fully saturated rings. The monoisotopic (exact) mass is 488 g/mol. The van der Waals surface area contributed by atoms with E-state index in [2.05, 4.69) is 20.7 Å². The van der Waals surface area contributed by atoms with Crippen molar-refractivity contribution in [2.75, 3.05) is 25.0 Å². The number of nitrogens with one attached hydrogen (secondary N) is 2. The van der Waals surface area contributed by atoms with Gasteiger partial charge in [-0.2, -0.15) is 10.4 Å². The maximum Gasteiger partial charge on any atom is 0.237 e. The van der Waals surface area contributed by atoms with Crippen LogP contribution in [-0.4, -0.2) is 40.5 Å². The minimum Gasteiger partial charge on any atom is -0.470 e. The Kier molecular flexibility index (Phi) is 8.21. The lowest BCUT2D eigenvalue weighted by Crippen LogP contribution is -2.40. The molecule has 2 aromatic heterocycles. The summed E-state index contributed by atoms with van der Waals surface area (Å²) in [6.07, 6.45) is 5.44. The Morgan fingerprint density at radius 3 is 2.39 bits per heavy atom. The van der Waals surface area contributed by atoms with Gasteiger partial charge in [0.05, 0.1) is 30.1 Å². The molecule has 1 aliphatic rings. The molecule has 0 saturated heterocycles. The molecule has 0 spiro atoms. The molecule has 9 heteroatoms. The van der Waals surface area contributed by atoms with Crippen LogP contribution in [0.2, 0.25) is 0 Å². The van der Waals surface area contributed by atoms with Crippen molar-refractivity contribution in [3.8, 4) is 23.1 Å². The average Bonchev–Trinajstić information content (AvgIpc) is 3.35. The van der Waals surface area contributed by atoms with E-state index >= 15 is 0 Å². The Hall–Kier alpha value is -4.29. The zero-order valence-electron chi connectivity index (χ0n) is 19.8. The maximum atomic E-state index is 13.9. The van der Waals surface area contributed by atoms with Crippen molar-refractivity contribution in [2.45, 2.75) is 12.5 Å². The average molecular weight is 489 g/mol. The molecule has 36 heavy (non-hydrogen) atoms. The fraction of sp³-hybridized carbons (Fsp3) is 0.222. The van der Waals surface area contributed by atoms with E-state index in [1.54, 1.807) is 23.1 Å². The van der Waals surface area contributed by atoms with Crippen LogP contribution in [0.4, 0.5) is 14.5 Å². The predicted octanol–water partition coefficient (Wildman–Crippen LogP) is 4.32. The standard InChI is InChI=1S/C21H20F2N6O.C6H6/c1-29-12-15(9-28-29)14-6-20-21(27-8-14)30-16(11-26-20)10-25-3-2-17-18(22)4-13(7-24)5-19(17)23;1-2-4-6-5-3-1/h4-6,8-9,12,16,25-26H,2-3,10-11H2,1H3;1-6H. The van der Waals surface area contributed by atoms with Crippen LogP contribution in [-0.2, 0) is 13.5 Å². The Bertz CT molecular complexity index is 1290. The molecule has 7 nitrogen and oxygen atoms in total. The molecule has 184 valence electrons. The van der Waals surface area contributed by atoms with Crippen LogP contribution in [0.1, 0.15) is 11.1 Å². The summed E-state index contributed by atoms with van der Waals surface area (Å²) in [6, 6.07) is 17.8. The van der Waals surface area contributed by atoms with E-state index < -0.39 is 11.6 Å². The molecule has 0 saturated carbocycles. The summed E-state index contributed by atoms with van der Waals surface area (Å²) >= 11 is 0. The molecule has 5 rings (SSSR count). The molecule has 3 heterocycles. The molecular weight excluding hydrogens is 462 g/mol. The Morgan fingerprint density at radius 2 is 1.78 bits per heavy atom. The predicted molar refractivity (Wildman–Crippen MR) is 133 cm³/mol. The lowest BCUT2D eigenvalue weighted by molar-refractivity contribution is 0.194. The summed E-state index contributed by atoms with van der Waals surface area (Å²) in [5, 5.41) is 19.4. The molecule has 0 radical (unpaired) electrons. The van der Waals surface area contributed by atoms with Crippen molar-refractivity contribution < 1.29 is 13.5 Å². The fourth-order valence-electron chi connectivity index (χ4n) is 3.71. The third-order valence-corrected chi connectivity index (χ3v) is 5.55. The lowest BCUT2D eigenvalue weighted by Gasteiger charge is -2.27. The molecule has 0 bridgehead atoms. The zero-order chi connectivity index (χ0) is 25.3. The van der Waals surface area contributed by atoms with Gasteiger partial charge in [-0.05, 0) is 31.2 Å². The number of fused-ring (bicyclic) bond motifs is 1. The number of nitriles is 1. The second-order valence-corrected chi connectivity index (χ2v) is 8.24. The van der Waals surface area contributed by atoms with Crippen LogP contribution in [0.3, 0.4) is 0 Å². The van der Waals surface area contributed by atoms with Crippen LogP contribution in [0, 0.1) is 23.0 Å². The Balaban J connectivity index is 0.000000445. The third kappa shape index (κ3) is 6.43. The molecule has 2 N–H and O–H groups in total. The first-order valence-electron chi connectivity index (χ1n) is 11.5. The molecule has 2 aromatic carbocycles. The van der Waals surface area contributed by atoms with Crippen LogP contribution in [0.5, 0.6) is 5.88 Å². The van der Waals surface area contributed by atoms with Gasteiger partial charge < -0.3 is 15.4 Å². The zero-order valence-corrected chi connectivity index (χ0v) is 19.8. The highest BCUT2D eigenvalue weighted by Gasteiger charge is 2.21. The number of hydrogen-bond acceptors (Lipinski definition) is 6. The van der Waals surface area contributed by atoms with Crippen molar-refractivity contribution in [1.29, 1.82) is 5.26 Å². The SMILES string of the molecule is Cn1cc(-c2cnc3c(c2)NCC(CNCCc2c(F)cc(C#N)cc2F)O3)cn1.c1ccccc1. The van der Waals surface area contributed by atoms with Crippen LogP contribution in [0.25, 0.3) is 11.1 Å². The molecule has 4 aromatic rings. The highest BCUT2D eigenvalue weighted by Crippen LogP contribution is 2.31. The highest BCUT2D eigenvalue weighted by atomic mass is 19.1. The van der Waals surface area contributed by atoms with E-state index in [-0.39, 0.29) is 23.7 Å². The van der Waals surface area contributed by atoms with Crippen molar-refractivity contribution in [3.63, 3.8) is 0 Å². The van der Waals surface area contributed by atoms with Gasteiger partial charge in [0.25, 0.3) is 0 Å². The molecule has 0 aliphatic carbocycles. The number of anilines is 1. The number of ether oxygens (including phenoxy) is 1. The summed E-state index contributed by atoms with van der Waals surface area (Å²) in [4.78, 5) is 4.40. The van der Waals surface area contributed by atoms with Gasteiger partial charge in [0.2, 0.25) is 5.88 Å². The largest absolute Gasteiger partial charge is 0.470 e. The van der Waals surface area contributed by atoms with E-state index in [0.29, 0.717) is 25.5 Å². The maximum absolute atomic E-state index is 13.9. The number of pyridine rings is 1. The number of aryl methyl sites for hydroxylation is 1. The van der Waals surface area contributed by atoms with Crippen LogP contribution < -0.4 is 15.4 Å². The van der Waals surface area contributed by atoms with Gasteiger partial charge in [-0.15, -0.1) is 0 Å². The van der Waals surface area contributed by atoms with Crippen molar-refractivity contribution in [2.24, 2.45) is 7.05 Å². The summed E-state index contributed by atoms with van der Waals surface area (Å²) in [5.41, 5.74) is 2.68. The minimum atomic E-state index is -0.702. The lowest BCUT2D eigenvalue weighted by atomic mass is 10.1. The second kappa shape index (κ2) is 11.9. The molecule has 1 aliphatic heterocycles. The van der Waals surface area contributed by atoms with Crippen molar-refractivity contribution >= 4 is 5.69 Å². The molecular formula is C27H26F2N6O. The number of rotatable bonds is 6. The number of halogens is 2. The van der Waals surface area contributed by atoms with Gasteiger partial charge in [-0.3, -0.25) is 4.68 Å². The van der Waals surface area contributed by atoms with E-state index in [0.717, 1.165) is 28.9 Å². The van der Waals surface area contributed by atoms with Gasteiger partial charge in [0.15, 0.2) is 0 Å². The van der Waals surface area contributed by atoms with Gasteiger partial charge >= 0.3 is 0 Å². The first kappa shape index (κ1) is 24.8. The van der Waals surface area contributed by atoms with E-state index in [1.807, 2.05) is 55.7 Å². The summed E-state index contributed by atoms with van der Waals surface area (Å²) in [6.45, 7) is 1.45. The number of hydrogen-bond donors (Lipinski definition) is 2. The van der Waals surface area contributed by atoms with Gasteiger partial charge in [0, 0.05) is 42.7 Å². The number of nitrogens with zero attached hydrogens (tertiary/aromatic N) is 4. The fourth-order valence-corrected chi connectivity index (χ4v) is 3.71. The van der Waals surface area contributed by atoms with E-state index in [4.69, 9.17) is 10.00 Å². The van der Waals surface area contributed by atoms with Gasteiger partial charge in [0.1, 0.15) is 17.7 Å². The quantitative estimate of drug-likeness (QED) is 0.393. The first-order chi connectivity index (χ1) is 17.5. The van der Waals surface area contributed by atoms with Gasteiger partial charge in [-0.25, -0.2) is 13.8 Å². The topological polar surface area (TPSA) is 87.8 Å². The first-order valence-corrected chi connectivity index (χ1v) is 11.5. The molecule has 0 amide bonds. The van der Waals surface area contributed by atoms with Gasteiger partial charge in [-0.1, -0.05) is 36.4 Å². The normalized spacial score (nSPS) is 13.9. The Morgan fingerprint density at radius 1 is 1.08 bits per heavy atom. The van der Waals surface area contributed by atoms with Crippen LogP contribution in [0.15, 0.2) is 73.2 Å². The summed E-state index contributed by atoms with van der Waals surface area (Å²) < 4.78 is 35.5. The number of aromatic nitrogens is 3. The van der Waals surface area contributed by atoms with E-state index in [9.17, 15) is 8.78 Å². The second-order valence-electron chi connectivity index (χ2n) is 8.24. The summed E-state index contributed by atoms with van der Waals surface area (Å²) in [7, 11) is 1.86. The summed E-state index contributed by atoms with van der Waals surface area (Å²) in [5.74, 6) is -0.886. The highest BCUT2D eigenvalue weighted by molar-refractivity contribution is 5.69. The molecule has 1 atom stereocenters. The Labute approximate surface area is 208 Å². The van der Waals surface area contributed by atoms with Crippen LogP contribution >= 0.6 is 0 Å². The minimum absolute atomic E-state index is 0.0266. The third-order valence-electron chi connectivity index (χ3n) is 5.55. The van der Waals surface area contributed by atoms with Crippen molar-refractivity contribution in [3.05, 3.63) is 95.9 Å². The van der Waals surface area contributed by atoms with E-state index in [1.165, 1.54) is 0 Å². The molecule has 1 unspecified atom stereocenters. The van der Waals surface area contributed by atoms with Crippen molar-refractivity contribution in [1.82, 2.24) is 20.1 Å². The number of benzene rings is 2.